The number of nitrogens with zero attached hydrogens (tertiary/aromatic N) is 1. The molecule has 1 aromatic heterocycles. The summed E-state index contributed by atoms with van der Waals surface area (Å²) in [5.41, 5.74) is 6.20. The summed E-state index contributed by atoms with van der Waals surface area (Å²) in [5.74, 6) is 0.431. The number of likely N-dealkylation sites (tertiary alicyclic amines) is 1. The SMILES string of the molecule is CCN1CCC(CNS(=O)(=O)c2c[nH]c(CN)c2)CC1. The molecule has 1 fully saturated rings. The number of nitrogens with two attached hydrogens (primary N) is 1. The molecule has 7 heteroatoms. The second kappa shape index (κ2) is 6.71. The number of rotatable bonds is 6. The van der Waals surface area contributed by atoms with Gasteiger partial charge in [0.1, 0.15) is 0 Å². The van der Waals surface area contributed by atoms with Gasteiger partial charge < -0.3 is 15.6 Å². The maximum absolute atomic E-state index is 12.1. The minimum atomic E-state index is -3.42. The van der Waals surface area contributed by atoms with Gasteiger partial charge in [0.25, 0.3) is 0 Å². The molecule has 0 amide bonds. The van der Waals surface area contributed by atoms with E-state index in [-0.39, 0.29) is 4.90 Å². The molecule has 6 nitrogen and oxygen atoms in total. The molecular formula is C13H24N4O2S. The maximum atomic E-state index is 12.1. The van der Waals surface area contributed by atoms with Crippen molar-refractivity contribution in [2.45, 2.75) is 31.2 Å². The van der Waals surface area contributed by atoms with Crippen molar-refractivity contribution in [3.05, 3.63) is 18.0 Å². The number of piperidine rings is 1. The van der Waals surface area contributed by atoms with Gasteiger partial charge in [-0.2, -0.15) is 0 Å². The van der Waals surface area contributed by atoms with Gasteiger partial charge >= 0.3 is 0 Å². The van der Waals surface area contributed by atoms with Gasteiger partial charge in [-0.3, -0.25) is 0 Å². The summed E-state index contributed by atoms with van der Waals surface area (Å²) >= 11 is 0. The zero-order valence-electron chi connectivity index (χ0n) is 11.9. The normalized spacial score (nSPS) is 18.5. The number of hydrogen-bond acceptors (Lipinski definition) is 4. The number of aromatic nitrogens is 1. The van der Waals surface area contributed by atoms with Crippen molar-refractivity contribution in [3.8, 4) is 0 Å². The second-order valence-electron chi connectivity index (χ2n) is 5.29. The van der Waals surface area contributed by atoms with E-state index in [2.05, 4.69) is 21.5 Å². The molecule has 0 aromatic carbocycles. The van der Waals surface area contributed by atoms with Crippen LogP contribution in [0.4, 0.5) is 0 Å². The molecule has 1 aromatic rings. The van der Waals surface area contributed by atoms with Crippen LogP contribution in [-0.4, -0.2) is 44.5 Å². The van der Waals surface area contributed by atoms with Crippen molar-refractivity contribution >= 4 is 10.0 Å². The highest BCUT2D eigenvalue weighted by Crippen LogP contribution is 2.17. The smallest absolute Gasteiger partial charge is 0.242 e. The zero-order valence-corrected chi connectivity index (χ0v) is 12.7. The van der Waals surface area contributed by atoms with Gasteiger partial charge in [-0.15, -0.1) is 0 Å². The van der Waals surface area contributed by atoms with Crippen molar-refractivity contribution in [3.63, 3.8) is 0 Å². The lowest BCUT2D eigenvalue weighted by Crippen LogP contribution is -2.38. The molecule has 20 heavy (non-hydrogen) atoms. The van der Waals surface area contributed by atoms with E-state index >= 15 is 0 Å². The average Bonchev–Trinajstić information content (AvgIpc) is 2.95. The Labute approximate surface area is 120 Å². The second-order valence-corrected chi connectivity index (χ2v) is 7.06. The van der Waals surface area contributed by atoms with Crippen molar-refractivity contribution < 1.29 is 8.42 Å². The highest BCUT2D eigenvalue weighted by molar-refractivity contribution is 7.89. The highest BCUT2D eigenvalue weighted by Gasteiger charge is 2.21. The van der Waals surface area contributed by atoms with E-state index in [0.29, 0.717) is 19.0 Å². The third-order valence-corrected chi connectivity index (χ3v) is 5.37. The Morgan fingerprint density at radius 2 is 2.15 bits per heavy atom. The Balaban J connectivity index is 1.87. The Hall–Kier alpha value is -0.890. The molecule has 2 rings (SSSR count). The zero-order chi connectivity index (χ0) is 14.6. The largest absolute Gasteiger partial charge is 0.363 e. The van der Waals surface area contributed by atoms with Gasteiger partial charge in [-0.05, 0) is 44.5 Å². The predicted molar refractivity (Wildman–Crippen MR) is 78.7 cm³/mol. The molecule has 0 atom stereocenters. The number of sulfonamides is 1. The Bertz CT molecular complexity index is 518. The van der Waals surface area contributed by atoms with Gasteiger partial charge in [-0.25, -0.2) is 13.1 Å². The molecule has 0 spiro atoms. The Morgan fingerprint density at radius 1 is 1.45 bits per heavy atom. The first kappa shape index (κ1) is 15.5. The summed E-state index contributed by atoms with van der Waals surface area (Å²) < 4.78 is 27.0. The fourth-order valence-electron chi connectivity index (χ4n) is 2.51. The van der Waals surface area contributed by atoms with Crippen molar-refractivity contribution in [2.75, 3.05) is 26.2 Å². The summed E-state index contributed by atoms with van der Waals surface area (Å²) in [7, 11) is -3.42. The van der Waals surface area contributed by atoms with Crippen LogP contribution in [0.1, 0.15) is 25.5 Å². The van der Waals surface area contributed by atoms with E-state index in [1.54, 1.807) is 6.07 Å². The minimum Gasteiger partial charge on any atom is -0.363 e. The molecule has 114 valence electrons. The van der Waals surface area contributed by atoms with E-state index in [1.165, 1.54) is 6.20 Å². The molecule has 0 radical (unpaired) electrons. The maximum Gasteiger partial charge on any atom is 0.242 e. The van der Waals surface area contributed by atoms with Crippen molar-refractivity contribution in [1.29, 1.82) is 0 Å². The summed E-state index contributed by atoms with van der Waals surface area (Å²) in [5, 5.41) is 0. The number of hydrogen-bond donors (Lipinski definition) is 3. The highest BCUT2D eigenvalue weighted by atomic mass is 32.2. The lowest BCUT2D eigenvalue weighted by molar-refractivity contribution is 0.194. The fourth-order valence-corrected chi connectivity index (χ4v) is 3.64. The first-order chi connectivity index (χ1) is 9.55. The first-order valence-corrected chi connectivity index (χ1v) is 8.63. The van der Waals surface area contributed by atoms with Crippen LogP contribution >= 0.6 is 0 Å². The Morgan fingerprint density at radius 3 is 2.70 bits per heavy atom. The lowest BCUT2D eigenvalue weighted by atomic mass is 9.97. The molecule has 0 bridgehead atoms. The van der Waals surface area contributed by atoms with Gasteiger partial charge in [-0.1, -0.05) is 6.92 Å². The summed E-state index contributed by atoms with van der Waals surface area (Å²) in [6, 6.07) is 1.59. The molecule has 1 aliphatic rings. The van der Waals surface area contributed by atoms with E-state index in [4.69, 9.17) is 5.73 Å². The van der Waals surface area contributed by atoms with Crippen LogP contribution in [0, 0.1) is 5.92 Å². The summed E-state index contributed by atoms with van der Waals surface area (Å²) in [4.78, 5) is 5.52. The number of aromatic amines is 1. The standard InChI is InChI=1S/C13H24N4O2S/c1-2-17-5-3-11(4-6-17)9-16-20(18,19)13-7-12(8-14)15-10-13/h7,10-11,15-16H,2-6,8-9,14H2,1H3. The molecule has 0 unspecified atom stereocenters. The number of nitrogens with one attached hydrogen (secondary N) is 2. The van der Waals surface area contributed by atoms with E-state index in [9.17, 15) is 8.42 Å². The average molecular weight is 300 g/mol. The number of H-pyrrole nitrogens is 1. The van der Waals surface area contributed by atoms with Crippen LogP contribution in [0.3, 0.4) is 0 Å². The lowest BCUT2D eigenvalue weighted by Gasteiger charge is -2.30. The van der Waals surface area contributed by atoms with Crippen LogP contribution in [0.2, 0.25) is 0 Å². The van der Waals surface area contributed by atoms with Gasteiger partial charge in [0.2, 0.25) is 10.0 Å². The molecule has 2 heterocycles. The molecule has 0 aliphatic carbocycles. The molecule has 1 aliphatic heterocycles. The molecule has 1 saturated heterocycles. The van der Waals surface area contributed by atoms with Gasteiger partial charge in [0.05, 0.1) is 4.90 Å². The minimum absolute atomic E-state index is 0.268. The quantitative estimate of drug-likeness (QED) is 0.713. The van der Waals surface area contributed by atoms with Crippen molar-refractivity contribution in [2.24, 2.45) is 11.7 Å². The molecule has 0 saturated carbocycles. The van der Waals surface area contributed by atoms with Gasteiger partial charge in [0, 0.05) is 25.0 Å². The van der Waals surface area contributed by atoms with Crippen molar-refractivity contribution in [1.82, 2.24) is 14.6 Å². The summed E-state index contributed by atoms with van der Waals surface area (Å²) in [6.07, 6.45) is 3.60. The van der Waals surface area contributed by atoms with Crippen LogP contribution in [0.15, 0.2) is 17.2 Å². The van der Waals surface area contributed by atoms with Crippen LogP contribution in [-0.2, 0) is 16.6 Å². The van der Waals surface area contributed by atoms with Crippen LogP contribution in [0.25, 0.3) is 0 Å². The topological polar surface area (TPSA) is 91.2 Å². The Kier molecular flexibility index (Phi) is 5.20. The van der Waals surface area contributed by atoms with Crippen LogP contribution in [0.5, 0.6) is 0 Å². The van der Waals surface area contributed by atoms with E-state index in [1.807, 2.05) is 0 Å². The first-order valence-electron chi connectivity index (χ1n) is 7.14. The van der Waals surface area contributed by atoms with E-state index in [0.717, 1.165) is 38.2 Å². The van der Waals surface area contributed by atoms with E-state index < -0.39 is 10.0 Å². The predicted octanol–water partition coefficient (Wildman–Crippen LogP) is 0.484. The fraction of sp³-hybridized carbons (Fsp3) is 0.692. The van der Waals surface area contributed by atoms with Gasteiger partial charge in [0.15, 0.2) is 0 Å². The summed E-state index contributed by atoms with van der Waals surface area (Å²) in [6.45, 7) is 6.18. The molecular weight excluding hydrogens is 276 g/mol. The third-order valence-electron chi connectivity index (χ3n) is 3.96. The monoisotopic (exact) mass is 300 g/mol. The molecule has 4 N–H and O–H groups in total. The third kappa shape index (κ3) is 3.82. The van der Waals surface area contributed by atoms with Crippen LogP contribution < -0.4 is 10.5 Å².